The molecule has 122 valence electrons. The molecule has 0 spiro atoms. The standard InChI is InChI=1S/C19H24N2OS/c1-4-20-12-16-7-5-6-8-17(16)21-19(22)13-23-18-11-14(2)9-10-15(18)3/h5-11,20H,4,12-13H2,1-3H3,(H,21,22). The number of hydrogen-bond acceptors (Lipinski definition) is 3. The Labute approximate surface area is 142 Å². The van der Waals surface area contributed by atoms with Crippen LogP contribution >= 0.6 is 11.8 Å². The summed E-state index contributed by atoms with van der Waals surface area (Å²) in [6.45, 7) is 7.88. The van der Waals surface area contributed by atoms with Crippen molar-refractivity contribution < 1.29 is 4.79 Å². The number of para-hydroxylation sites is 1. The third-order valence-electron chi connectivity index (χ3n) is 3.56. The summed E-state index contributed by atoms with van der Waals surface area (Å²) >= 11 is 1.58. The van der Waals surface area contributed by atoms with Gasteiger partial charge in [-0.3, -0.25) is 4.79 Å². The van der Waals surface area contributed by atoms with Crippen molar-refractivity contribution in [2.75, 3.05) is 17.6 Å². The fraction of sp³-hybridized carbons (Fsp3) is 0.316. The highest BCUT2D eigenvalue weighted by molar-refractivity contribution is 8.00. The number of carbonyl (C=O) groups is 1. The molecule has 0 fully saturated rings. The van der Waals surface area contributed by atoms with Crippen LogP contribution in [0.3, 0.4) is 0 Å². The molecule has 23 heavy (non-hydrogen) atoms. The Kier molecular flexibility index (Phi) is 6.68. The molecule has 2 aromatic carbocycles. The largest absolute Gasteiger partial charge is 0.325 e. The second-order valence-corrected chi connectivity index (χ2v) is 6.56. The van der Waals surface area contributed by atoms with Gasteiger partial charge in [-0.1, -0.05) is 42.8 Å². The quantitative estimate of drug-likeness (QED) is 0.750. The number of nitrogens with one attached hydrogen (secondary N) is 2. The van der Waals surface area contributed by atoms with Gasteiger partial charge in [0.15, 0.2) is 0 Å². The molecule has 0 heterocycles. The van der Waals surface area contributed by atoms with Crippen LogP contribution in [-0.2, 0) is 11.3 Å². The molecule has 0 unspecified atom stereocenters. The molecular formula is C19H24N2OS. The van der Waals surface area contributed by atoms with Gasteiger partial charge < -0.3 is 10.6 Å². The number of amides is 1. The highest BCUT2D eigenvalue weighted by Crippen LogP contribution is 2.24. The number of benzene rings is 2. The van der Waals surface area contributed by atoms with Crippen LogP contribution in [0, 0.1) is 13.8 Å². The maximum Gasteiger partial charge on any atom is 0.234 e. The van der Waals surface area contributed by atoms with E-state index in [1.54, 1.807) is 11.8 Å². The highest BCUT2D eigenvalue weighted by atomic mass is 32.2. The lowest BCUT2D eigenvalue weighted by molar-refractivity contribution is -0.113. The molecule has 0 aliphatic rings. The van der Waals surface area contributed by atoms with Gasteiger partial charge in [-0.15, -0.1) is 11.8 Å². The number of aryl methyl sites for hydroxylation is 2. The molecule has 0 saturated heterocycles. The van der Waals surface area contributed by atoms with E-state index in [-0.39, 0.29) is 5.91 Å². The molecule has 0 aliphatic heterocycles. The van der Waals surface area contributed by atoms with Gasteiger partial charge in [0, 0.05) is 17.1 Å². The molecule has 2 rings (SSSR count). The van der Waals surface area contributed by atoms with Crippen LogP contribution in [0.25, 0.3) is 0 Å². The molecule has 0 atom stereocenters. The third kappa shape index (κ3) is 5.41. The van der Waals surface area contributed by atoms with E-state index in [1.165, 1.54) is 16.0 Å². The van der Waals surface area contributed by atoms with E-state index in [9.17, 15) is 4.79 Å². The van der Waals surface area contributed by atoms with Gasteiger partial charge in [-0.2, -0.15) is 0 Å². The fourth-order valence-corrected chi connectivity index (χ4v) is 3.17. The van der Waals surface area contributed by atoms with Crippen LogP contribution in [0.2, 0.25) is 0 Å². The predicted octanol–water partition coefficient (Wildman–Crippen LogP) is 4.14. The van der Waals surface area contributed by atoms with E-state index in [0.717, 1.165) is 24.3 Å². The summed E-state index contributed by atoms with van der Waals surface area (Å²) in [4.78, 5) is 13.4. The number of rotatable bonds is 7. The van der Waals surface area contributed by atoms with Crippen LogP contribution in [0.5, 0.6) is 0 Å². The van der Waals surface area contributed by atoms with Crippen LogP contribution < -0.4 is 10.6 Å². The second-order valence-electron chi connectivity index (χ2n) is 5.54. The zero-order chi connectivity index (χ0) is 16.7. The molecule has 0 radical (unpaired) electrons. The summed E-state index contributed by atoms with van der Waals surface area (Å²) in [6, 6.07) is 14.3. The molecule has 0 aliphatic carbocycles. The topological polar surface area (TPSA) is 41.1 Å². The number of thioether (sulfide) groups is 1. The predicted molar refractivity (Wildman–Crippen MR) is 99.1 cm³/mol. The number of carbonyl (C=O) groups excluding carboxylic acids is 1. The lowest BCUT2D eigenvalue weighted by Gasteiger charge is -2.12. The minimum atomic E-state index is 0.0276. The average Bonchev–Trinajstić information content (AvgIpc) is 2.55. The maximum absolute atomic E-state index is 12.3. The van der Waals surface area contributed by atoms with Gasteiger partial charge >= 0.3 is 0 Å². The Morgan fingerprint density at radius 3 is 2.70 bits per heavy atom. The van der Waals surface area contributed by atoms with Gasteiger partial charge in [-0.05, 0) is 43.7 Å². The normalized spacial score (nSPS) is 10.6. The molecule has 4 heteroatoms. The smallest absolute Gasteiger partial charge is 0.234 e. The van der Waals surface area contributed by atoms with E-state index < -0.39 is 0 Å². The van der Waals surface area contributed by atoms with Crippen molar-refractivity contribution in [3.05, 3.63) is 59.2 Å². The third-order valence-corrected chi connectivity index (χ3v) is 4.72. The van der Waals surface area contributed by atoms with Gasteiger partial charge in [0.1, 0.15) is 0 Å². The number of anilines is 1. The van der Waals surface area contributed by atoms with Gasteiger partial charge in [0.25, 0.3) is 0 Å². The first kappa shape index (κ1) is 17.6. The number of hydrogen-bond donors (Lipinski definition) is 2. The van der Waals surface area contributed by atoms with Crippen LogP contribution in [0.4, 0.5) is 5.69 Å². The minimum absolute atomic E-state index is 0.0276. The fourth-order valence-electron chi connectivity index (χ4n) is 2.25. The monoisotopic (exact) mass is 328 g/mol. The van der Waals surface area contributed by atoms with Crippen LogP contribution in [0.15, 0.2) is 47.4 Å². The van der Waals surface area contributed by atoms with E-state index in [4.69, 9.17) is 0 Å². The van der Waals surface area contributed by atoms with Gasteiger partial charge in [-0.25, -0.2) is 0 Å². The summed E-state index contributed by atoms with van der Waals surface area (Å²) in [7, 11) is 0. The SMILES string of the molecule is CCNCc1ccccc1NC(=O)CSc1cc(C)ccc1C. The van der Waals surface area contributed by atoms with Crippen molar-refractivity contribution in [1.82, 2.24) is 5.32 Å². The highest BCUT2D eigenvalue weighted by Gasteiger charge is 2.08. The lowest BCUT2D eigenvalue weighted by Crippen LogP contribution is -2.18. The summed E-state index contributed by atoms with van der Waals surface area (Å²) in [5.74, 6) is 0.444. The Balaban J connectivity index is 1.96. The van der Waals surface area contributed by atoms with Crippen molar-refractivity contribution in [3.8, 4) is 0 Å². The first-order valence-corrected chi connectivity index (χ1v) is 8.87. The maximum atomic E-state index is 12.3. The lowest BCUT2D eigenvalue weighted by atomic mass is 10.1. The molecule has 2 aromatic rings. The Morgan fingerprint density at radius 1 is 1.13 bits per heavy atom. The van der Waals surface area contributed by atoms with Crippen molar-refractivity contribution >= 4 is 23.4 Å². The van der Waals surface area contributed by atoms with Crippen molar-refractivity contribution in [2.24, 2.45) is 0 Å². The Morgan fingerprint density at radius 2 is 1.91 bits per heavy atom. The summed E-state index contributed by atoms with van der Waals surface area (Å²) in [6.07, 6.45) is 0. The molecule has 0 aromatic heterocycles. The first-order valence-electron chi connectivity index (χ1n) is 7.88. The Hall–Kier alpha value is -1.78. The summed E-state index contributed by atoms with van der Waals surface area (Å²) < 4.78 is 0. The van der Waals surface area contributed by atoms with E-state index in [0.29, 0.717) is 5.75 Å². The van der Waals surface area contributed by atoms with Crippen molar-refractivity contribution in [1.29, 1.82) is 0 Å². The van der Waals surface area contributed by atoms with E-state index in [1.807, 2.05) is 24.3 Å². The van der Waals surface area contributed by atoms with Gasteiger partial charge in [0.05, 0.1) is 5.75 Å². The summed E-state index contributed by atoms with van der Waals surface area (Å²) in [5.41, 5.74) is 4.43. The first-order chi connectivity index (χ1) is 11.1. The second kappa shape index (κ2) is 8.75. The average molecular weight is 328 g/mol. The van der Waals surface area contributed by atoms with E-state index in [2.05, 4.69) is 49.6 Å². The minimum Gasteiger partial charge on any atom is -0.325 e. The zero-order valence-corrected chi connectivity index (χ0v) is 14.8. The van der Waals surface area contributed by atoms with Crippen LogP contribution in [0.1, 0.15) is 23.6 Å². The van der Waals surface area contributed by atoms with E-state index >= 15 is 0 Å². The molecule has 1 amide bonds. The summed E-state index contributed by atoms with van der Waals surface area (Å²) in [5, 5.41) is 6.32. The molecule has 0 bridgehead atoms. The Bertz CT molecular complexity index is 670. The van der Waals surface area contributed by atoms with Crippen LogP contribution in [-0.4, -0.2) is 18.2 Å². The molecule has 0 saturated carbocycles. The molecule has 3 nitrogen and oxygen atoms in total. The van der Waals surface area contributed by atoms with Gasteiger partial charge in [0.2, 0.25) is 5.91 Å². The zero-order valence-electron chi connectivity index (χ0n) is 14.0. The molecular weight excluding hydrogens is 304 g/mol. The molecule has 2 N–H and O–H groups in total. The van der Waals surface area contributed by atoms with Crippen molar-refractivity contribution in [2.45, 2.75) is 32.2 Å². The van der Waals surface area contributed by atoms with Crippen molar-refractivity contribution in [3.63, 3.8) is 0 Å².